The van der Waals surface area contributed by atoms with Gasteiger partial charge >= 0.3 is 0 Å². The average molecular weight is 445 g/mol. The molecule has 6 heteroatoms. The third kappa shape index (κ3) is 4.39. The van der Waals surface area contributed by atoms with Crippen LogP contribution >= 0.6 is 0 Å². The van der Waals surface area contributed by atoms with Crippen molar-refractivity contribution in [3.63, 3.8) is 0 Å². The largest absolute Gasteiger partial charge is 0.508 e. The number of fused-ring (bicyclic) bond motifs is 2. The van der Waals surface area contributed by atoms with Crippen LogP contribution in [-0.2, 0) is 10.8 Å². The minimum Gasteiger partial charge on any atom is -0.508 e. The Hall–Kier alpha value is -2.44. The van der Waals surface area contributed by atoms with Crippen molar-refractivity contribution in [2.45, 2.75) is 71.0 Å². The average Bonchev–Trinajstić information content (AvgIpc) is 2.68. The van der Waals surface area contributed by atoms with Crippen LogP contribution in [-0.4, -0.2) is 41.4 Å². The molecule has 1 atom stereocenters. The standard InChI is InChI=1S/C24H30O4.C2H6O2/c1-14-8-20-16(10-18(14)25)22(3,4)12-24(27-20)13-23(5,6)17-11-19(26-7)15(2)9-21(17)28-24;3-1-2-4/h8-11,25H,12-13H2,1-7H3;3-4H,1-2H2. The van der Waals surface area contributed by atoms with E-state index in [1.54, 1.807) is 7.11 Å². The summed E-state index contributed by atoms with van der Waals surface area (Å²) < 4.78 is 18.7. The molecule has 1 spiro atoms. The Morgan fingerprint density at radius 1 is 0.812 bits per heavy atom. The van der Waals surface area contributed by atoms with Gasteiger partial charge in [0.2, 0.25) is 0 Å². The molecule has 0 saturated heterocycles. The van der Waals surface area contributed by atoms with Crippen molar-refractivity contribution >= 4 is 0 Å². The Kier molecular flexibility index (Phi) is 6.42. The van der Waals surface area contributed by atoms with E-state index in [4.69, 9.17) is 24.4 Å². The molecule has 2 aromatic rings. The first-order chi connectivity index (χ1) is 14.9. The summed E-state index contributed by atoms with van der Waals surface area (Å²) in [4.78, 5) is 0. The molecule has 2 aliphatic heterocycles. The number of aryl methyl sites for hydroxylation is 2. The molecule has 0 amide bonds. The smallest absolute Gasteiger partial charge is 0.252 e. The van der Waals surface area contributed by atoms with Crippen LogP contribution in [0.2, 0.25) is 0 Å². The second-order valence-electron chi connectivity index (χ2n) is 10.1. The van der Waals surface area contributed by atoms with Crippen LogP contribution in [0.3, 0.4) is 0 Å². The molecule has 2 aromatic carbocycles. The summed E-state index contributed by atoms with van der Waals surface area (Å²) in [6.45, 7) is 12.5. The van der Waals surface area contributed by atoms with E-state index in [9.17, 15) is 5.11 Å². The number of ether oxygens (including phenoxy) is 3. The fraction of sp³-hybridized carbons (Fsp3) is 0.538. The Morgan fingerprint density at radius 3 is 1.75 bits per heavy atom. The normalized spacial score (nSPS) is 21.9. The van der Waals surface area contributed by atoms with Gasteiger partial charge in [0.25, 0.3) is 5.79 Å². The molecular weight excluding hydrogens is 408 g/mol. The zero-order valence-corrected chi connectivity index (χ0v) is 20.2. The monoisotopic (exact) mass is 444 g/mol. The van der Waals surface area contributed by atoms with Crippen molar-refractivity contribution in [1.82, 2.24) is 0 Å². The van der Waals surface area contributed by atoms with E-state index < -0.39 is 5.79 Å². The lowest BCUT2D eigenvalue weighted by atomic mass is 9.69. The fourth-order valence-corrected chi connectivity index (χ4v) is 4.94. The van der Waals surface area contributed by atoms with E-state index >= 15 is 0 Å². The third-order valence-electron chi connectivity index (χ3n) is 6.37. The highest BCUT2D eigenvalue weighted by Gasteiger charge is 2.53. The van der Waals surface area contributed by atoms with Crippen molar-refractivity contribution in [2.24, 2.45) is 0 Å². The molecular formula is C26H36O6. The molecule has 2 aliphatic rings. The molecule has 2 heterocycles. The van der Waals surface area contributed by atoms with Crippen LogP contribution in [0.4, 0.5) is 0 Å². The van der Waals surface area contributed by atoms with E-state index in [-0.39, 0.29) is 24.0 Å². The highest BCUT2D eigenvalue weighted by atomic mass is 16.7. The maximum absolute atomic E-state index is 10.2. The lowest BCUT2D eigenvalue weighted by molar-refractivity contribution is -0.166. The molecule has 1 unspecified atom stereocenters. The maximum Gasteiger partial charge on any atom is 0.252 e. The molecule has 4 rings (SSSR count). The Morgan fingerprint density at radius 2 is 1.28 bits per heavy atom. The first-order valence-corrected chi connectivity index (χ1v) is 11.0. The van der Waals surface area contributed by atoms with E-state index in [1.165, 1.54) is 0 Å². The van der Waals surface area contributed by atoms with E-state index in [1.807, 2.05) is 26.0 Å². The topological polar surface area (TPSA) is 88.4 Å². The first-order valence-electron chi connectivity index (χ1n) is 11.0. The molecule has 32 heavy (non-hydrogen) atoms. The fourth-order valence-electron chi connectivity index (χ4n) is 4.94. The van der Waals surface area contributed by atoms with Crippen LogP contribution in [0, 0.1) is 13.8 Å². The number of aromatic hydroxyl groups is 1. The number of aliphatic hydroxyl groups is 2. The molecule has 176 valence electrons. The Balaban J connectivity index is 0.000000668. The van der Waals surface area contributed by atoms with Gasteiger partial charge in [0, 0.05) is 34.8 Å². The van der Waals surface area contributed by atoms with Crippen LogP contribution in [0.25, 0.3) is 0 Å². The lowest BCUT2D eigenvalue weighted by Crippen LogP contribution is -2.55. The van der Waals surface area contributed by atoms with Crippen LogP contribution < -0.4 is 14.2 Å². The summed E-state index contributed by atoms with van der Waals surface area (Å²) in [5, 5.41) is 25.5. The van der Waals surface area contributed by atoms with Crippen LogP contribution in [0.1, 0.15) is 62.8 Å². The Bertz CT molecular complexity index is 992. The minimum atomic E-state index is -0.739. The number of methoxy groups -OCH3 is 1. The molecule has 0 bridgehead atoms. The second-order valence-corrected chi connectivity index (χ2v) is 10.1. The quantitative estimate of drug-likeness (QED) is 0.632. The summed E-state index contributed by atoms with van der Waals surface area (Å²) in [5.74, 6) is 2.12. The minimum absolute atomic E-state index is 0.125. The zero-order valence-electron chi connectivity index (χ0n) is 20.2. The van der Waals surface area contributed by atoms with Gasteiger partial charge in [-0.25, -0.2) is 0 Å². The number of benzene rings is 2. The number of hydrogen-bond donors (Lipinski definition) is 3. The number of hydrogen-bond acceptors (Lipinski definition) is 6. The molecule has 0 aliphatic carbocycles. The highest BCUT2D eigenvalue weighted by Crippen LogP contribution is 2.54. The molecule has 0 radical (unpaired) electrons. The van der Waals surface area contributed by atoms with Crippen molar-refractivity contribution in [3.05, 3.63) is 46.5 Å². The van der Waals surface area contributed by atoms with Crippen LogP contribution in [0.15, 0.2) is 24.3 Å². The SMILES string of the molecule is COc1cc2c(cc1C)OC1(CC(C)(C)c3cc(O)c(C)cc3O1)CC2(C)C.OCCO. The number of rotatable bonds is 2. The summed E-state index contributed by atoms with van der Waals surface area (Å²) in [6.07, 6.45) is 1.45. The van der Waals surface area contributed by atoms with E-state index in [2.05, 4.69) is 39.8 Å². The predicted octanol–water partition coefficient (Wildman–Crippen LogP) is 4.51. The van der Waals surface area contributed by atoms with Gasteiger partial charge in [-0.1, -0.05) is 27.7 Å². The van der Waals surface area contributed by atoms with Crippen molar-refractivity contribution < 1.29 is 29.5 Å². The lowest BCUT2D eigenvalue weighted by Gasteiger charge is -2.51. The second kappa shape index (κ2) is 8.49. The molecule has 3 N–H and O–H groups in total. The van der Waals surface area contributed by atoms with Gasteiger partial charge in [0.1, 0.15) is 23.0 Å². The van der Waals surface area contributed by atoms with Gasteiger partial charge in [-0.15, -0.1) is 0 Å². The van der Waals surface area contributed by atoms with E-state index in [0.29, 0.717) is 12.2 Å². The van der Waals surface area contributed by atoms with Gasteiger partial charge in [0.15, 0.2) is 0 Å². The van der Waals surface area contributed by atoms with Crippen molar-refractivity contribution in [1.29, 1.82) is 0 Å². The third-order valence-corrected chi connectivity index (χ3v) is 6.37. The molecule has 0 aromatic heterocycles. The zero-order chi connectivity index (χ0) is 23.9. The highest BCUT2D eigenvalue weighted by molar-refractivity contribution is 5.53. The predicted molar refractivity (Wildman–Crippen MR) is 124 cm³/mol. The van der Waals surface area contributed by atoms with Gasteiger partial charge in [0.05, 0.1) is 20.3 Å². The summed E-state index contributed by atoms with van der Waals surface area (Å²) >= 11 is 0. The van der Waals surface area contributed by atoms with Crippen LogP contribution in [0.5, 0.6) is 23.0 Å². The van der Waals surface area contributed by atoms with Crippen molar-refractivity contribution in [2.75, 3.05) is 20.3 Å². The van der Waals surface area contributed by atoms with Gasteiger partial charge in [-0.05, 0) is 49.2 Å². The van der Waals surface area contributed by atoms with Crippen molar-refractivity contribution in [3.8, 4) is 23.0 Å². The number of aliphatic hydroxyl groups excluding tert-OH is 2. The Labute approximate surface area is 190 Å². The summed E-state index contributed by atoms with van der Waals surface area (Å²) in [7, 11) is 1.70. The maximum atomic E-state index is 10.2. The number of phenolic OH excluding ortho intramolecular Hbond substituents is 1. The molecule has 6 nitrogen and oxygen atoms in total. The first kappa shape index (κ1) is 24.2. The van der Waals surface area contributed by atoms with Gasteiger partial charge < -0.3 is 29.5 Å². The summed E-state index contributed by atoms with van der Waals surface area (Å²) in [6, 6.07) is 7.93. The van der Waals surface area contributed by atoms with Gasteiger partial charge in [-0.2, -0.15) is 0 Å². The molecule has 0 saturated carbocycles. The molecule has 0 fully saturated rings. The number of phenols is 1. The van der Waals surface area contributed by atoms with E-state index in [0.717, 1.165) is 45.9 Å². The van der Waals surface area contributed by atoms with Gasteiger partial charge in [-0.3, -0.25) is 0 Å². The summed E-state index contributed by atoms with van der Waals surface area (Å²) in [5.41, 5.74) is 3.71.